The molecule has 6 rings (SSSR count). The topological polar surface area (TPSA) is 46.2 Å². The van der Waals surface area contributed by atoms with Crippen molar-refractivity contribution in [1.29, 1.82) is 0 Å². The fourth-order valence-electron chi connectivity index (χ4n) is 6.18. The van der Waals surface area contributed by atoms with Gasteiger partial charge in [-0.15, -0.1) is 0 Å². The van der Waals surface area contributed by atoms with Gasteiger partial charge in [-0.2, -0.15) is 0 Å². The van der Waals surface area contributed by atoms with E-state index in [0.717, 1.165) is 37.0 Å². The molecule has 27 heavy (non-hydrogen) atoms. The van der Waals surface area contributed by atoms with E-state index in [1.54, 1.807) is 0 Å². The summed E-state index contributed by atoms with van der Waals surface area (Å²) >= 11 is 0. The molecule has 4 aliphatic rings. The smallest absolute Gasteiger partial charge is 0.230 e. The van der Waals surface area contributed by atoms with Crippen molar-refractivity contribution < 1.29 is 9.59 Å². The standard InChI is InChI=1S/C24H25NO2/c26-22(19-6-2-1-3-7-19)20-8-4-5-9-21(20)25-23(27)24-13-16-10-17(14-24)12-18(11-16)15-24/h1-9,16-18H,10-15H2,(H,25,27). The average Bonchev–Trinajstić information content (AvgIpc) is 2.67. The van der Waals surface area contributed by atoms with Crippen LogP contribution in [-0.4, -0.2) is 11.7 Å². The number of nitrogens with one attached hydrogen (secondary N) is 1. The summed E-state index contributed by atoms with van der Waals surface area (Å²) in [5.41, 5.74) is 1.65. The Labute approximate surface area is 160 Å². The van der Waals surface area contributed by atoms with Crippen LogP contribution in [0.4, 0.5) is 5.69 Å². The van der Waals surface area contributed by atoms with Crippen LogP contribution in [0.3, 0.4) is 0 Å². The second kappa shape index (κ2) is 6.33. The monoisotopic (exact) mass is 359 g/mol. The number of ketones is 1. The molecule has 0 atom stereocenters. The molecule has 4 saturated carbocycles. The van der Waals surface area contributed by atoms with Crippen LogP contribution in [0.2, 0.25) is 0 Å². The Morgan fingerprint density at radius 2 is 1.33 bits per heavy atom. The molecule has 0 aromatic heterocycles. The Balaban J connectivity index is 1.42. The lowest BCUT2D eigenvalue weighted by molar-refractivity contribution is -0.140. The molecule has 3 nitrogen and oxygen atoms in total. The first-order chi connectivity index (χ1) is 13.1. The van der Waals surface area contributed by atoms with Crippen molar-refractivity contribution in [2.24, 2.45) is 23.2 Å². The van der Waals surface area contributed by atoms with Gasteiger partial charge in [-0.25, -0.2) is 0 Å². The Kier molecular flexibility index (Phi) is 3.92. The molecule has 4 fully saturated rings. The van der Waals surface area contributed by atoms with Gasteiger partial charge in [0.05, 0.1) is 11.1 Å². The van der Waals surface area contributed by atoms with Crippen LogP contribution in [0.25, 0.3) is 0 Å². The first kappa shape index (κ1) is 16.7. The fourth-order valence-corrected chi connectivity index (χ4v) is 6.18. The lowest BCUT2D eigenvalue weighted by Gasteiger charge is -2.55. The molecule has 3 heteroatoms. The van der Waals surface area contributed by atoms with Crippen LogP contribution < -0.4 is 5.32 Å². The Morgan fingerprint density at radius 3 is 1.96 bits per heavy atom. The Morgan fingerprint density at radius 1 is 0.778 bits per heavy atom. The van der Waals surface area contributed by atoms with Crippen molar-refractivity contribution in [1.82, 2.24) is 0 Å². The summed E-state index contributed by atoms with van der Waals surface area (Å²) in [5, 5.41) is 3.16. The molecule has 1 N–H and O–H groups in total. The first-order valence-electron chi connectivity index (χ1n) is 10.1. The van der Waals surface area contributed by atoms with Gasteiger partial charge in [0.25, 0.3) is 0 Å². The molecule has 2 aromatic carbocycles. The molecular formula is C24H25NO2. The molecule has 0 radical (unpaired) electrons. The fraction of sp³-hybridized carbons (Fsp3) is 0.417. The zero-order valence-corrected chi connectivity index (χ0v) is 15.5. The van der Waals surface area contributed by atoms with E-state index in [4.69, 9.17) is 0 Å². The van der Waals surface area contributed by atoms with Crippen molar-refractivity contribution in [3.05, 3.63) is 65.7 Å². The molecule has 0 unspecified atom stereocenters. The molecule has 0 aliphatic heterocycles. The second-order valence-corrected chi connectivity index (χ2v) is 8.89. The first-order valence-corrected chi connectivity index (χ1v) is 10.1. The number of hydrogen-bond acceptors (Lipinski definition) is 2. The van der Waals surface area contributed by atoms with Gasteiger partial charge in [0.2, 0.25) is 5.91 Å². The molecular weight excluding hydrogens is 334 g/mol. The minimum Gasteiger partial charge on any atom is -0.325 e. The Hall–Kier alpha value is -2.42. The van der Waals surface area contributed by atoms with Gasteiger partial charge in [0.1, 0.15) is 0 Å². The number of carbonyl (C=O) groups is 2. The van der Waals surface area contributed by atoms with Crippen LogP contribution in [0.15, 0.2) is 54.6 Å². The van der Waals surface area contributed by atoms with Crippen molar-refractivity contribution in [2.75, 3.05) is 5.32 Å². The summed E-state index contributed by atoms with van der Waals surface area (Å²) in [6, 6.07) is 16.7. The molecule has 0 saturated heterocycles. The van der Waals surface area contributed by atoms with E-state index in [1.165, 1.54) is 19.3 Å². The highest BCUT2D eigenvalue weighted by Crippen LogP contribution is 2.60. The second-order valence-electron chi connectivity index (χ2n) is 8.89. The number of benzene rings is 2. The predicted octanol–water partition coefficient (Wildman–Crippen LogP) is 5.07. The van der Waals surface area contributed by atoms with Crippen molar-refractivity contribution >= 4 is 17.4 Å². The SMILES string of the molecule is O=C(c1ccccc1)c1ccccc1NC(=O)C12CC3CC(CC(C3)C1)C2. The van der Waals surface area contributed by atoms with E-state index in [1.807, 2.05) is 54.6 Å². The van der Waals surface area contributed by atoms with Crippen LogP contribution in [0, 0.1) is 23.2 Å². The van der Waals surface area contributed by atoms with E-state index >= 15 is 0 Å². The molecule has 0 heterocycles. The van der Waals surface area contributed by atoms with Crippen molar-refractivity contribution in [3.63, 3.8) is 0 Å². The van der Waals surface area contributed by atoms with Gasteiger partial charge in [-0.05, 0) is 68.4 Å². The van der Waals surface area contributed by atoms with Crippen molar-refractivity contribution in [2.45, 2.75) is 38.5 Å². The third-order valence-corrected chi connectivity index (χ3v) is 6.98. The lowest BCUT2D eigenvalue weighted by Crippen LogP contribution is -2.51. The maximum absolute atomic E-state index is 13.4. The highest BCUT2D eigenvalue weighted by molar-refractivity contribution is 6.14. The number of carbonyl (C=O) groups excluding carboxylic acids is 2. The summed E-state index contributed by atoms with van der Waals surface area (Å²) in [6.07, 6.45) is 7.03. The zero-order chi connectivity index (χ0) is 18.4. The average molecular weight is 359 g/mol. The minimum atomic E-state index is -0.211. The molecule has 138 valence electrons. The lowest BCUT2D eigenvalue weighted by atomic mass is 9.49. The number of hydrogen-bond donors (Lipinski definition) is 1. The molecule has 4 aliphatic carbocycles. The number of rotatable bonds is 4. The summed E-state index contributed by atoms with van der Waals surface area (Å²) in [6.45, 7) is 0. The van der Waals surface area contributed by atoms with Gasteiger partial charge >= 0.3 is 0 Å². The van der Waals surface area contributed by atoms with Gasteiger partial charge < -0.3 is 5.32 Å². The van der Waals surface area contributed by atoms with Gasteiger partial charge in [-0.3, -0.25) is 9.59 Å². The molecule has 4 bridgehead atoms. The number of para-hydroxylation sites is 1. The normalized spacial score (nSPS) is 30.9. The Bertz CT molecular complexity index is 851. The van der Waals surface area contributed by atoms with Gasteiger partial charge in [-0.1, -0.05) is 42.5 Å². The highest BCUT2D eigenvalue weighted by atomic mass is 16.2. The van der Waals surface area contributed by atoms with E-state index in [-0.39, 0.29) is 17.1 Å². The predicted molar refractivity (Wildman–Crippen MR) is 106 cm³/mol. The zero-order valence-electron chi connectivity index (χ0n) is 15.5. The quantitative estimate of drug-likeness (QED) is 0.775. The molecule has 0 spiro atoms. The van der Waals surface area contributed by atoms with Crippen LogP contribution in [0.1, 0.15) is 54.4 Å². The van der Waals surface area contributed by atoms with E-state index in [0.29, 0.717) is 16.8 Å². The van der Waals surface area contributed by atoms with Crippen LogP contribution in [0.5, 0.6) is 0 Å². The number of anilines is 1. The summed E-state index contributed by atoms with van der Waals surface area (Å²) in [5.74, 6) is 2.27. The summed E-state index contributed by atoms with van der Waals surface area (Å²) in [4.78, 5) is 26.3. The highest BCUT2D eigenvalue weighted by Gasteiger charge is 2.54. The van der Waals surface area contributed by atoms with Crippen LogP contribution in [-0.2, 0) is 4.79 Å². The van der Waals surface area contributed by atoms with Gasteiger partial charge in [0, 0.05) is 11.1 Å². The third kappa shape index (κ3) is 2.90. The van der Waals surface area contributed by atoms with Gasteiger partial charge in [0.15, 0.2) is 5.78 Å². The maximum atomic E-state index is 13.4. The van der Waals surface area contributed by atoms with E-state index in [9.17, 15) is 9.59 Å². The van der Waals surface area contributed by atoms with Crippen LogP contribution >= 0.6 is 0 Å². The summed E-state index contributed by atoms with van der Waals surface area (Å²) < 4.78 is 0. The maximum Gasteiger partial charge on any atom is 0.230 e. The number of amides is 1. The minimum absolute atomic E-state index is 0.0444. The van der Waals surface area contributed by atoms with Crippen molar-refractivity contribution in [3.8, 4) is 0 Å². The third-order valence-electron chi connectivity index (χ3n) is 6.98. The summed E-state index contributed by atoms with van der Waals surface area (Å²) in [7, 11) is 0. The van der Waals surface area contributed by atoms with E-state index in [2.05, 4.69) is 5.32 Å². The molecule has 1 amide bonds. The largest absolute Gasteiger partial charge is 0.325 e. The molecule has 2 aromatic rings. The van der Waals surface area contributed by atoms with E-state index < -0.39 is 0 Å².